The molecule has 0 radical (unpaired) electrons. The Morgan fingerprint density at radius 3 is 2.74 bits per heavy atom. The van der Waals surface area contributed by atoms with Crippen molar-refractivity contribution in [3.05, 3.63) is 12.4 Å². The number of hydrogen-bond acceptors (Lipinski definition) is 4. The van der Waals surface area contributed by atoms with Crippen LogP contribution in [0.15, 0.2) is 17.3 Å². The molecule has 0 aliphatic heterocycles. The summed E-state index contributed by atoms with van der Waals surface area (Å²) in [6.07, 6.45) is 5.14. The van der Waals surface area contributed by atoms with E-state index in [9.17, 15) is 8.42 Å². The molecule has 1 aromatic rings. The van der Waals surface area contributed by atoms with Crippen LogP contribution in [-0.2, 0) is 21.8 Å². The van der Waals surface area contributed by atoms with Crippen molar-refractivity contribution in [1.82, 2.24) is 14.1 Å². The second-order valence-electron chi connectivity index (χ2n) is 5.04. The van der Waals surface area contributed by atoms with Gasteiger partial charge >= 0.3 is 0 Å². The highest BCUT2D eigenvalue weighted by atomic mass is 32.2. The van der Waals surface area contributed by atoms with Crippen LogP contribution in [0.3, 0.4) is 0 Å². The van der Waals surface area contributed by atoms with Crippen LogP contribution in [0.2, 0.25) is 0 Å². The zero-order valence-corrected chi connectivity index (χ0v) is 12.4. The fourth-order valence-corrected chi connectivity index (χ4v) is 3.87. The fourth-order valence-electron chi connectivity index (χ4n) is 2.21. The monoisotopic (exact) mass is 287 g/mol. The summed E-state index contributed by atoms with van der Waals surface area (Å²) < 4.78 is 33.4. The second kappa shape index (κ2) is 5.60. The molecule has 6 nitrogen and oxygen atoms in total. The van der Waals surface area contributed by atoms with Crippen LogP contribution in [0.4, 0.5) is 0 Å². The minimum Gasteiger partial charge on any atom is -0.383 e. The Morgan fingerprint density at radius 2 is 2.26 bits per heavy atom. The number of nitrogens with zero attached hydrogens (tertiary/aromatic N) is 3. The van der Waals surface area contributed by atoms with Crippen LogP contribution in [0.5, 0.6) is 0 Å². The number of rotatable bonds is 7. The van der Waals surface area contributed by atoms with E-state index < -0.39 is 10.0 Å². The molecular formula is C12H21N3O3S. The SMILES string of the molecule is COCCN([C@@H](C)C1CC1)S(=O)(=O)c1cnn(C)c1. The molecule has 0 unspecified atom stereocenters. The molecule has 7 heteroatoms. The summed E-state index contributed by atoms with van der Waals surface area (Å²) in [6.45, 7) is 2.75. The van der Waals surface area contributed by atoms with Gasteiger partial charge in [-0.1, -0.05) is 0 Å². The van der Waals surface area contributed by atoms with Crippen LogP contribution in [0.25, 0.3) is 0 Å². The normalized spacial score (nSPS) is 17.9. The summed E-state index contributed by atoms with van der Waals surface area (Å²) in [5.74, 6) is 0.475. The van der Waals surface area contributed by atoms with Crippen molar-refractivity contribution < 1.29 is 13.2 Å². The van der Waals surface area contributed by atoms with Crippen molar-refractivity contribution >= 4 is 10.0 Å². The Hall–Kier alpha value is -0.920. The number of sulfonamides is 1. The van der Waals surface area contributed by atoms with E-state index >= 15 is 0 Å². The van der Waals surface area contributed by atoms with E-state index in [2.05, 4.69) is 5.10 Å². The lowest BCUT2D eigenvalue weighted by atomic mass is 10.2. The van der Waals surface area contributed by atoms with Crippen molar-refractivity contribution in [2.24, 2.45) is 13.0 Å². The number of ether oxygens (including phenoxy) is 1. The number of methoxy groups -OCH3 is 1. The Labute approximate surface area is 114 Å². The maximum absolute atomic E-state index is 12.6. The van der Waals surface area contributed by atoms with Gasteiger partial charge in [0, 0.05) is 32.9 Å². The van der Waals surface area contributed by atoms with E-state index in [-0.39, 0.29) is 10.9 Å². The Kier molecular flexibility index (Phi) is 4.27. The number of hydrogen-bond donors (Lipinski definition) is 0. The lowest BCUT2D eigenvalue weighted by Gasteiger charge is -2.27. The highest BCUT2D eigenvalue weighted by Gasteiger charge is 2.38. The number of aryl methyl sites for hydroxylation is 1. The van der Waals surface area contributed by atoms with Crippen molar-refractivity contribution in [3.8, 4) is 0 Å². The summed E-state index contributed by atoms with van der Waals surface area (Å²) in [6, 6.07) is 0.0142. The van der Waals surface area contributed by atoms with Crippen LogP contribution >= 0.6 is 0 Å². The van der Waals surface area contributed by atoms with Gasteiger partial charge in [0.05, 0.1) is 12.8 Å². The van der Waals surface area contributed by atoms with Gasteiger partial charge < -0.3 is 4.74 Å². The zero-order chi connectivity index (χ0) is 14.0. The van der Waals surface area contributed by atoms with Gasteiger partial charge in [-0.3, -0.25) is 4.68 Å². The molecule has 1 aromatic heterocycles. The molecular weight excluding hydrogens is 266 g/mol. The molecule has 0 aromatic carbocycles. The van der Waals surface area contributed by atoms with Crippen molar-refractivity contribution in [2.45, 2.75) is 30.7 Å². The first-order valence-electron chi connectivity index (χ1n) is 6.46. The van der Waals surface area contributed by atoms with Gasteiger partial charge in [0.2, 0.25) is 10.0 Å². The molecule has 2 rings (SSSR count). The third kappa shape index (κ3) is 3.16. The standard InChI is InChI=1S/C12H21N3O3S/c1-10(11-4-5-11)15(6-7-18-3)19(16,17)12-8-13-14(2)9-12/h8-11H,4-7H2,1-3H3/t10-/m0/s1. The van der Waals surface area contributed by atoms with Gasteiger partial charge in [-0.2, -0.15) is 9.40 Å². The molecule has 0 bridgehead atoms. The van der Waals surface area contributed by atoms with Gasteiger partial charge in [0.1, 0.15) is 4.90 Å². The average molecular weight is 287 g/mol. The highest BCUT2D eigenvalue weighted by molar-refractivity contribution is 7.89. The van der Waals surface area contributed by atoms with Gasteiger partial charge in [-0.05, 0) is 25.7 Å². The molecule has 1 atom stereocenters. The lowest BCUT2D eigenvalue weighted by molar-refractivity contribution is 0.164. The Morgan fingerprint density at radius 1 is 1.58 bits per heavy atom. The molecule has 0 amide bonds. The van der Waals surface area contributed by atoms with Gasteiger partial charge in [0.25, 0.3) is 0 Å². The fraction of sp³-hybridized carbons (Fsp3) is 0.750. The summed E-state index contributed by atoms with van der Waals surface area (Å²) in [7, 11) is -0.196. The summed E-state index contributed by atoms with van der Waals surface area (Å²) in [5.41, 5.74) is 0. The predicted octanol–water partition coefficient (Wildman–Crippen LogP) is 0.856. The highest BCUT2D eigenvalue weighted by Crippen LogP contribution is 2.36. The van der Waals surface area contributed by atoms with Crippen LogP contribution in [0.1, 0.15) is 19.8 Å². The first-order chi connectivity index (χ1) is 8.96. The molecule has 1 fully saturated rings. The van der Waals surface area contributed by atoms with Gasteiger partial charge in [0.15, 0.2) is 0 Å². The van der Waals surface area contributed by atoms with Crippen LogP contribution in [-0.4, -0.2) is 48.8 Å². The van der Waals surface area contributed by atoms with E-state index in [0.717, 1.165) is 12.8 Å². The van der Waals surface area contributed by atoms with E-state index in [1.54, 1.807) is 18.5 Å². The predicted molar refractivity (Wildman–Crippen MR) is 71.2 cm³/mol. The smallest absolute Gasteiger partial charge is 0.246 e. The van der Waals surface area contributed by atoms with Crippen LogP contribution < -0.4 is 0 Å². The molecule has 1 heterocycles. The zero-order valence-electron chi connectivity index (χ0n) is 11.6. The summed E-state index contributed by atoms with van der Waals surface area (Å²) >= 11 is 0. The van der Waals surface area contributed by atoms with Gasteiger partial charge in [-0.25, -0.2) is 8.42 Å². The first-order valence-corrected chi connectivity index (χ1v) is 7.90. The minimum absolute atomic E-state index is 0.0142. The lowest BCUT2D eigenvalue weighted by Crippen LogP contribution is -2.41. The molecule has 1 aliphatic rings. The largest absolute Gasteiger partial charge is 0.383 e. The van der Waals surface area contributed by atoms with Crippen molar-refractivity contribution in [1.29, 1.82) is 0 Å². The van der Waals surface area contributed by atoms with Crippen LogP contribution in [0, 0.1) is 5.92 Å². The van der Waals surface area contributed by atoms with Crippen molar-refractivity contribution in [3.63, 3.8) is 0 Å². The molecule has 19 heavy (non-hydrogen) atoms. The molecule has 0 N–H and O–H groups in total. The third-order valence-corrected chi connectivity index (χ3v) is 5.50. The quantitative estimate of drug-likeness (QED) is 0.746. The maximum atomic E-state index is 12.6. The molecule has 108 valence electrons. The third-order valence-electron chi connectivity index (χ3n) is 3.56. The van der Waals surface area contributed by atoms with Gasteiger partial charge in [-0.15, -0.1) is 0 Å². The summed E-state index contributed by atoms with van der Waals surface area (Å²) in [4.78, 5) is 0.249. The first kappa shape index (κ1) is 14.5. The molecule has 1 aliphatic carbocycles. The van der Waals surface area contributed by atoms with E-state index in [4.69, 9.17) is 4.74 Å². The summed E-state index contributed by atoms with van der Waals surface area (Å²) in [5, 5.41) is 3.94. The van der Waals surface area contributed by atoms with E-state index in [1.807, 2.05) is 6.92 Å². The van der Waals surface area contributed by atoms with E-state index in [0.29, 0.717) is 19.1 Å². The Bertz CT molecular complexity index is 522. The maximum Gasteiger partial charge on any atom is 0.246 e. The molecule has 0 saturated heterocycles. The Balaban J connectivity index is 2.25. The second-order valence-corrected chi connectivity index (χ2v) is 6.93. The number of aromatic nitrogens is 2. The van der Waals surface area contributed by atoms with E-state index in [1.165, 1.54) is 17.1 Å². The minimum atomic E-state index is -3.49. The van der Waals surface area contributed by atoms with Crippen molar-refractivity contribution in [2.75, 3.05) is 20.3 Å². The molecule has 1 saturated carbocycles. The topological polar surface area (TPSA) is 64.4 Å². The average Bonchev–Trinajstić information content (AvgIpc) is 3.11. The molecule has 0 spiro atoms.